The smallest absolute Gasteiger partial charge is 0.0247 e. The minimum atomic E-state index is 0.390. The van der Waals surface area contributed by atoms with Gasteiger partial charge in [0, 0.05) is 12.5 Å². The van der Waals surface area contributed by atoms with Gasteiger partial charge in [-0.2, -0.15) is 0 Å². The fourth-order valence-corrected chi connectivity index (χ4v) is 1.32. The van der Waals surface area contributed by atoms with Gasteiger partial charge >= 0.3 is 0 Å². The molecule has 76 valence electrons. The fraction of sp³-hybridized carbons (Fsp3) is 0.818. The predicted molar refractivity (Wildman–Crippen MR) is 57.8 cm³/mol. The number of nitrogens with one attached hydrogen (secondary N) is 1. The van der Waals surface area contributed by atoms with E-state index in [1.807, 2.05) is 6.92 Å². The Bertz CT molecular complexity index is 176. The molecule has 0 bridgehead atoms. The summed E-state index contributed by atoms with van der Waals surface area (Å²) in [6.45, 7) is 8.55. The molecule has 0 saturated heterocycles. The van der Waals surface area contributed by atoms with Gasteiger partial charge in [0.15, 0.2) is 0 Å². The monoisotopic (exact) mass is 182 g/mol. The first-order valence-electron chi connectivity index (χ1n) is 4.99. The Kier molecular flexibility index (Phi) is 6.66. The molecule has 0 saturated carbocycles. The van der Waals surface area contributed by atoms with E-state index in [0.29, 0.717) is 17.9 Å². The molecule has 0 heterocycles. The number of hydrazine groups is 1. The van der Waals surface area contributed by atoms with E-state index in [1.54, 1.807) is 0 Å². The Balaban J connectivity index is 3.92. The third kappa shape index (κ3) is 4.92. The van der Waals surface area contributed by atoms with Crippen molar-refractivity contribution in [3.8, 4) is 11.8 Å². The van der Waals surface area contributed by atoms with E-state index in [-0.39, 0.29) is 0 Å². The highest BCUT2D eigenvalue weighted by Crippen LogP contribution is 2.17. The Morgan fingerprint density at radius 2 is 1.92 bits per heavy atom. The van der Waals surface area contributed by atoms with Gasteiger partial charge in [-0.25, -0.2) is 0 Å². The molecule has 2 nitrogen and oxygen atoms in total. The maximum Gasteiger partial charge on any atom is 0.0247 e. The Hall–Kier alpha value is -0.520. The van der Waals surface area contributed by atoms with E-state index in [9.17, 15) is 0 Å². The topological polar surface area (TPSA) is 38.0 Å². The zero-order valence-electron chi connectivity index (χ0n) is 9.22. The van der Waals surface area contributed by atoms with Gasteiger partial charge in [-0.3, -0.25) is 11.3 Å². The summed E-state index contributed by atoms with van der Waals surface area (Å²) in [4.78, 5) is 0. The largest absolute Gasteiger partial charge is 0.271 e. The number of hydrogen-bond donors (Lipinski definition) is 2. The molecule has 2 heteroatoms. The average molecular weight is 182 g/mol. The minimum absolute atomic E-state index is 0.390. The summed E-state index contributed by atoms with van der Waals surface area (Å²) < 4.78 is 0. The van der Waals surface area contributed by atoms with E-state index < -0.39 is 0 Å². The first-order valence-corrected chi connectivity index (χ1v) is 4.99. The van der Waals surface area contributed by atoms with Crippen LogP contribution in [-0.2, 0) is 0 Å². The average Bonchev–Trinajstić information content (AvgIpc) is 2.11. The molecular weight excluding hydrogens is 160 g/mol. The van der Waals surface area contributed by atoms with Gasteiger partial charge in [0.25, 0.3) is 0 Å². The van der Waals surface area contributed by atoms with Crippen LogP contribution in [0.5, 0.6) is 0 Å². The lowest BCUT2D eigenvalue weighted by molar-refractivity contribution is 0.290. The molecule has 0 aliphatic heterocycles. The lowest BCUT2D eigenvalue weighted by atomic mass is 9.88. The van der Waals surface area contributed by atoms with E-state index in [4.69, 9.17) is 5.84 Å². The Morgan fingerprint density at radius 1 is 1.31 bits per heavy atom. The van der Waals surface area contributed by atoms with Crippen molar-refractivity contribution in [1.29, 1.82) is 0 Å². The minimum Gasteiger partial charge on any atom is -0.271 e. The first kappa shape index (κ1) is 12.5. The van der Waals surface area contributed by atoms with E-state index in [0.717, 1.165) is 12.8 Å². The van der Waals surface area contributed by atoms with Crippen molar-refractivity contribution in [1.82, 2.24) is 5.43 Å². The highest BCUT2D eigenvalue weighted by Gasteiger charge is 2.17. The molecule has 0 rings (SSSR count). The summed E-state index contributed by atoms with van der Waals surface area (Å²) in [5.74, 6) is 12.7. The standard InChI is InChI=1S/C11H22N2/c1-5-6-7-8-11(13-12)10(4)9(2)3/h9-11,13H,7-8,12H2,1-4H3. The van der Waals surface area contributed by atoms with Gasteiger partial charge in [-0.1, -0.05) is 20.8 Å². The van der Waals surface area contributed by atoms with Crippen LogP contribution in [-0.4, -0.2) is 6.04 Å². The quantitative estimate of drug-likeness (QED) is 0.387. The van der Waals surface area contributed by atoms with Crippen LogP contribution in [0, 0.1) is 23.7 Å². The van der Waals surface area contributed by atoms with Crippen LogP contribution in [0.3, 0.4) is 0 Å². The zero-order valence-corrected chi connectivity index (χ0v) is 9.22. The maximum atomic E-state index is 5.50. The van der Waals surface area contributed by atoms with Gasteiger partial charge < -0.3 is 0 Å². The van der Waals surface area contributed by atoms with Crippen LogP contribution in [0.2, 0.25) is 0 Å². The van der Waals surface area contributed by atoms with Crippen LogP contribution in [0.15, 0.2) is 0 Å². The van der Waals surface area contributed by atoms with Crippen molar-refractivity contribution in [2.75, 3.05) is 0 Å². The second-order valence-corrected chi connectivity index (χ2v) is 3.84. The van der Waals surface area contributed by atoms with Crippen LogP contribution in [0.1, 0.15) is 40.5 Å². The van der Waals surface area contributed by atoms with Crippen molar-refractivity contribution in [2.45, 2.75) is 46.6 Å². The summed E-state index contributed by atoms with van der Waals surface area (Å²) in [6.07, 6.45) is 1.97. The highest BCUT2D eigenvalue weighted by atomic mass is 15.2. The zero-order chi connectivity index (χ0) is 10.3. The number of rotatable bonds is 5. The molecule has 0 aliphatic rings. The third-order valence-corrected chi connectivity index (χ3v) is 2.66. The van der Waals surface area contributed by atoms with Crippen molar-refractivity contribution in [2.24, 2.45) is 17.7 Å². The molecule has 2 unspecified atom stereocenters. The molecule has 2 atom stereocenters. The van der Waals surface area contributed by atoms with Gasteiger partial charge in [0.1, 0.15) is 0 Å². The molecule has 0 fully saturated rings. The molecule has 0 aliphatic carbocycles. The molecule has 13 heavy (non-hydrogen) atoms. The second-order valence-electron chi connectivity index (χ2n) is 3.84. The van der Waals surface area contributed by atoms with Crippen LogP contribution >= 0.6 is 0 Å². The van der Waals surface area contributed by atoms with Gasteiger partial charge in [0.05, 0.1) is 0 Å². The molecule has 0 amide bonds. The normalized spacial score (nSPS) is 14.9. The van der Waals surface area contributed by atoms with Crippen LogP contribution < -0.4 is 11.3 Å². The summed E-state index contributed by atoms with van der Waals surface area (Å²) in [7, 11) is 0. The van der Waals surface area contributed by atoms with Gasteiger partial charge in [-0.15, -0.1) is 11.8 Å². The lowest BCUT2D eigenvalue weighted by Crippen LogP contribution is -2.41. The van der Waals surface area contributed by atoms with Gasteiger partial charge in [0.2, 0.25) is 0 Å². The lowest BCUT2D eigenvalue weighted by Gasteiger charge is -2.25. The Labute approximate surface area is 82.2 Å². The van der Waals surface area contributed by atoms with E-state index >= 15 is 0 Å². The van der Waals surface area contributed by atoms with E-state index in [2.05, 4.69) is 38.0 Å². The highest BCUT2D eigenvalue weighted by molar-refractivity contribution is 4.95. The van der Waals surface area contributed by atoms with E-state index in [1.165, 1.54) is 0 Å². The summed E-state index contributed by atoms with van der Waals surface area (Å²) in [5, 5.41) is 0. The fourth-order valence-electron chi connectivity index (χ4n) is 1.32. The SMILES string of the molecule is CC#CCCC(NN)C(C)C(C)C. The molecular formula is C11H22N2. The molecule has 0 spiro atoms. The van der Waals surface area contributed by atoms with Crippen molar-refractivity contribution >= 4 is 0 Å². The van der Waals surface area contributed by atoms with Crippen molar-refractivity contribution in [3.63, 3.8) is 0 Å². The molecule has 0 aromatic rings. The third-order valence-electron chi connectivity index (χ3n) is 2.66. The van der Waals surface area contributed by atoms with Crippen LogP contribution in [0.25, 0.3) is 0 Å². The summed E-state index contributed by atoms with van der Waals surface area (Å²) in [6, 6.07) is 0.390. The van der Waals surface area contributed by atoms with Crippen molar-refractivity contribution < 1.29 is 0 Å². The molecule has 0 aromatic carbocycles. The van der Waals surface area contributed by atoms with Crippen molar-refractivity contribution in [3.05, 3.63) is 0 Å². The molecule has 3 N–H and O–H groups in total. The molecule has 0 radical (unpaired) electrons. The second kappa shape index (κ2) is 6.94. The Morgan fingerprint density at radius 3 is 2.31 bits per heavy atom. The summed E-state index contributed by atoms with van der Waals surface area (Å²) in [5.41, 5.74) is 2.87. The van der Waals surface area contributed by atoms with Crippen LogP contribution in [0.4, 0.5) is 0 Å². The maximum absolute atomic E-state index is 5.50. The van der Waals surface area contributed by atoms with Gasteiger partial charge in [-0.05, 0) is 25.2 Å². The summed E-state index contributed by atoms with van der Waals surface area (Å²) >= 11 is 0. The number of hydrogen-bond acceptors (Lipinski definition) is 2. The predicted octanol–water partition coefficient (Wildman–Crippen LogP) is 1.91. The molecule has 0 aromatic heterocycles. The first-order chi connectivity index (χ1) is 6.13. The number of nitrogens with two attached hydrogens (primary N) is 1.